The van der Waals surface area contributed by atoms with Crippen molar-refractivity contribution in [1.29, 1.82) is 0 Å². The van der Waals surface area contributed by atoms with Gasteiger partial charge in [-0.1, -0.05) is 0 Å². The minimum atomic E-state index is -3.09. The highest BCUT2D eigenvalue weighted by molar-refractivity contribution is 6.18. The smallest absolute Gasteiger partial charge is 0.345 e. The van der Waals surface area contributed by atoms with Crippen LogP contribution in [0.2, 0.25) is 0 Å². The largest absolute Gasteiger partial charge is 0.456 e. The average molecular weight is 293 g/mol. The van der Waals surface area contributed by atoms with E-state index < -0.39 is 30.1 Å². The van der Waals surface area contributed by atoms with Gasteiger partial charge >= 0.3 is 12.6 Å². The topological polar surface area (TPSA) is 55.8 Å². The molecule has 0 saturated heterocycles. The first-order valence-electron chi connectivity index (χ1n) is 6.03. The molecule has 0 radical (unpaired) electrons. The second-order valence-corrected chi connectivity index (χ2v) is 5.41. The van der Waals surface area contributed by atoms with Gasteiger partial charge in [-0.05, 0) is 27.7 Å². The van der Waals surface area contributed by atoms with Crippen molar-refractivity contribution in [3.63, 3.8) is 0 Å². The maximum Gasteiger partial charge on any atom is 0.345 e. The summed E-state index contributed by atoms with van der Waals surface area (Å²) >= 11 is 0. The lowest BCUT2D eigenvalue weighted by Gasteiger charge is -2.22. The minimum absolute atomic E-state index is 0.335. The Balaban J connectivity index is 5.18. The zero-order valence-electron chi connectivity index (χ0n) is 12.6. The van der Waals surface area contributed by atoms with E-state index in [4.69, 9.17) is 4.74 Å². The van der Waals surface area contributed by atoms with E-state index >= 15 is 0 Å². The summed E-state index contributed by atoms with van der Waals surface area (Å²) in [6.45, 7) is 2.99. The van der Waals surface area contributed by atoms with Gasteiger partial charge in [0.15, 0.2) is 5.78 Å². The van der Waals surface area contributed by atoms with E-state index in [1.54, 1.807) is 34.9 Å². The monoisotopic (exact) mass is 293 g/mol. The van der Waals surface area contributed by atoms with Crippen LogP contribution in [0.3, 0.4) is 0 Å². The molecule has 0 aromatic carbocycles. The summed E-state index contributed by atoms with van der Waals surface area (Å²) in [5.74, 6) is -1.73. The summed E-state index contributed by atoms with van der Waals surface area (Å²) in [6, 6.07) is 0. The number of nitrogens with zero attached hydrogens (tertiary/aromatic N) is 1. The summed E-state index contributed by atoms with van der Waals surface area (Å²) in [5.41, 5.74) is -1.13. The predicted octanol–water partition coefficient (Wildman–Crippen LogP) is 1.97. The molecule has 0 saturated carbocycles. The van der Waals surface area contributed by atoms with Gasteiger partial charge in [0.1, 0.15) is 17.3 Å². The van der Waals surface area contributed by atoms with Crippen LogP contribution in [-0.4, -0.2) is 49.1 Å². The van der Waals surface area contributed by atoms with E-state index in [1.807, 2.05) is 0 Å². The number of ether oxygens (including phenoxy) is 2. The van der Waals surface area contributed by atoms with Crippen LogP contribution in [0.15, 0.2) is 11.8 Å². The molecule has 0 heterocycles. The molecule has 116 valence electrons. The van der Waals surface area contributed by atoms with Crippen LogP contribution in [0.5, 0.6) is 0 Å². The first-order valence-corrected chi connectivity index (χ1v) is 6.03. The van der Waals surface area contributed by atoms with Gasteiger partial charge in [-0.25, -0.2) is 4.79 Å². The number of rotatable bonds is 6. The summed E-state index contributed by atoms with van der Waals surface area (Å²) < 4.78 is 33.4. The number of hydrogen-bond acceptors (Lipinski definition) is 5. The molecule has 0 amide bonds. The molecule has 5 nitrogen and oxygen atoms in total. The first kappa shape index (κ1) is 18.5. The third-order valence-corrected chi connectivity index (χ3v) is 1.95. The van der Waals surface area contributed by atoms with Gasteiger partial charge in [0.05, 0.1) is 0 Å². The molecular weight excluding hydrogens is 272 g/mol. The van der Waals surface area contributed by atoms with Crippen molar-refractivity contribution in [3.05, 3.63) is 11.8 Å². The van der Waals surface area contributed by atoms with Crippen molar-refractivity contribution in [2.45, 2.75) is 46.0 Å². The van der Waals surface area contributed by atoms with Crippen LogP contribution in [0.25, 0.3) is 0 Å². The fraction of sp³-hybridized carbons (Fsp3) is 0.692. The molecule has 0 fully saturated rings. The van der Waals surface area contributed by atoms with Crippen molar-refractivity contribution < 1.29 is 27.8 Å². The fourth-order valence-electron chi connectivity index (χ4n) is 1.24. The quantitative estimate of drug-likeness (QED) is 0.324. The third-order valence-electron chi connectivity index (χ3n) is 1.95. The molecule has 0 rings (SSSR count). The Morgan fingerprint density at radius 3 is 2.05 bits per heavy atom. The Hall–Kier alpha value is -1.50. The second-order valence-electron chi connectivity index (χ2n) is 5.41. The molecule has 0 aromatic rings. The molecule has 0 aliphatic heterocycles. The number of alkyl halides is 2. The van der Waals surface area contributed by atoms with Crippen molar-refractivity contribution in [1.82, 2.24) is 4.90 Å². The van der Waals surface area contributed by atoms with Gasteiger partial charge in [0.25, 0.3) is 0 Å². The van der Waals surface area contributed by atoms with Crippen molar-refractivity contribution in [2.75, 3.05) is 14.1 Å². The number of hydrogen-bond donors (Lipinski definition) is 0. The van der Waals surface area contributed by atoms with E-state index in [-0.39, 0.29) is 5.57 Å². The maximum atomic E-state index is 12.1. The minimum Gasteiger partial charge on any atom is -0.456 e. The SMILES string of the molecule is CC(OC(F)F)C(=O)C(=CN(C)C)C(=O)OC(C)(C)C. The van der Waals surface area contributed by atoms with Crippen LogP contribution in [0.4, 0.5) is 8.78 Å². The Morgan fingerprint density at radius 1 is 1.20 bits per heavy atom. The number of carbonyl (C=O) groups excluding carboxylic acids is 2. The molecule has 0 aliphatic rings. The van der Waals surface area contributed by atoms with Gasteiger partial charge < -0.3 is 14.4 Å². The highest BCUT2D eigenvalue weighted by atomic mass is 19.3. The number of halogens is 2. The van der Waals surface area contributed by atoms with E-state index in [0.29, 0.717) is 0 Å². The van der Waals surface area contributed by atoms with Gasteiger partial charge in [-0.15, -0.1) is 0 Å². The fourth-order valence-corrected chi connectivity index (χ4v) is 1.24. The summed E-state index contributed by atoms with van der Waals surface area (Å²) in [4.78, 5) is 25.4. The van der Waals surface area contributed by atoms with Crippen LogP contribution in [0, 0.1) is 0 Å². The van der Waals surface area contributed by atoms with Crippen molar-refractivity contribution in [2.24, 2.45) is 0 Å². The van der Waals surface area contributed by atoms with Crippen molar-refractivity contribution >= 4 is 11.8 Å². The van der Waals surface area contributed by atoms with Crippen LogP contribution in [-0.2, 0) is 19.1 Å². The second kappa shape index (κ2) is 7.33. The van der Waals surface area contributed by atoms with E-state index in [9.17, 15) is 18.4 Å². The standard InChI is InChI=1S/C13H21F2NO4/c1-8(19-12(14)15)10(17)9(7-16(5)6)11(18)20-13(2,3)4/h7-8,12H,1-6H3. The van der Waals surface area contributed by atoms with E-state index in [0.717, 1.165) is 6.92 Å². The number of carbonyl (C=O) groups is 2. The molecule has 1 atom stereocenters. The van der Waals surface area contributed by atoms with Crippen LogP contribution in [0.1, 0.15) is 27.7 Å². The highest BCUT2D eigenvalue weighted by Crippen LogP contribution is 2.15. The summed E-state index contributed by atoms with van der Waals surface area (Å²) in [5, 5.41) is 0. The molecule has 0 N–H and O–H groups in total. The van der Waals surface area contributed by atoms with Crippen LogP contribution >= 0.6 is 0 Å². The van der Waals surface area contributed by atoms with Crippen LogP contribution < -0.4 is 0 Å². The number of ketones is 1. The zero-order valence-corrected chi connectivity index (χ0v) is 12.6. The van der Waals surface area contributed by atoms with Gasteiger partial charge in [-0.3, -0.25) is 4.79 Å². The molecule has 1 unspecified atom stereocenters. The third kappa shape index (κ3) is 7.18. The number of esters is 1. The zero-order chi connectivity index (χ0) is 16.1. The molecule has 0 bridgehead atoms. The lowest BCUT2D eigenvalue weighted by molar-refractivity contribution is -0.170. The highest BCUT2D eigenvalue weighted by Gasteiger charge is 2.30. The Bertz CT molecular complexity index is 386. The maximum absolute atomic E-state index is 12.1. The lowest BCUT2D eigenvalue weighted by atomic mass is 10.1. The number of Topliss-reactive ketones (excluding diaryl/α,β-unsaturated/α-hetero) is 1. The normalized spacial score (nSPS) is 14.2. The first-order chi connectivity index (χ1) is 8.94. The Kier molecular flexibility index (Phi) is 6.78. The molecule has 0 aromatic heterocycles. The predicted molar refractivity (Wildman–Crippen MR) is 69.2 cm³/mol. The summed E-state index contributed by atoms with van der Waals surface area (Å²) in [7, 11) is 3.19. The molecule has 7 heteroatoms. The average Bonchev–Trinajstić information content (AvgIpc) is 2.21. The van der Waals surface area contributed by atoms with E-state index in [1.165, 1.54) is 11.1 Å². The molecular formula is C13H21F2NO4. The van der Waals surface area contributed by atoms with Gasteiger partial charge in [0, 0.05) is 20.3 Å². The Labute approximate surface area is 117 Å². The lowest BCUT2D eigenvalue weighted by Crippen LogP contribution is -2.33. The van der Waals surface area contributed by atoms with Crippen molar-refractivity contribution in [3.8, 4) is 0 Å². The molecule has 0 aliphatic carbocycles. The van der Waals surface area contributed by atoms with Gasteiger partial charge in [0.2, 0.25) is 0 Å². The molecule has 0 spiro atoms. The van der Waals surface area contributed by atoms with E-state index in [2.05, 4.69) is 4.74 Å². The molecule has 20 heavy (non-hydrogen) atoms. The summed E-state index contributed by atoms with van der Waals surface area (Å²) in [6.07, 6.45) is -0.212. The Morgan fingerprint density at radius 2 is 1.70 bits per heavy atom. The van der Waals surface area contributed by atoms with Gasteiger partial charge in [-0.2, -0.15) is 8.78 Å².